The third kappa shape index (κ3) is 3.28. The zero-order valence-corrected chi connectivity index (χ0v) is 17.4. The minimum atomic E-state index is -2.93. The number of hydrogen-bond acceptors (Lipinski definition) is 1. The van der Waals surface area contributed by atoms with Crippen molar-refractivity contribution in [1.29, 1.82) is 0 Å². The SMILES string of the molecule is O=P(c1ccccc1)(c1ccccc1)c1ccc(-c2ccc3ccccc3c2)cc1. The van der Waals surface area contributed by atoms with E-state index in [1.54, 1.807) is 0 Å². The zero-order chi connectivity index (χ0) is 20.4. The molecule has 5 aromatic carbocycles. The van der Waals surface area contributed by atoms with Crippen molar-refractivity contribution in [3.8, 4) is 11.1 Å². The molecule has 30 heavy (non-hydrogen) atoms. The lowest BCUT2D eigenvalue weighted by atomic mass is 10.0. The van der Waals surface area contributed by atoms with Crippen molar-refractivity contribution in [3.05, 3.63) is 127 Å². The summed E-state index contributed by atoms with van der Waals surface area (Å²) >= 11 is 0. The van der Waals surface area contributed by atoms with Gasteiger partial charge in [0.05, 0.1) is 0 Å². The molecule has 0 aromatic heterocycles. The van der Waals surface area contributed by atoms with E-state index in [2.05, 4.69) is 54.6 Å². The van der Waals surface area contributed by atoms with Gasteiger partial charge in [-0.25, -0.2) is 0 Å². The van der Waals surface area contributed by atoms with E-state index in [4.69, 9.17) is 0 Å². The highest BCUT2D eigenvalue weighted by Gasteiger charge is 2.29. The lowest BCUT2D eigenvalue weighted by Gasteiger charge is -2.20. The van der Waals surface area contributed by atoms with Crippen molar-refractivity contribution in [1.82, 2.24) is 0 Å². The first kappa shape index (κ1) is 18.6. The van der Waals surface area contributed by atoms with Crippen LogP contribution in [0.25, 0.3) is 21.9 Å². The second-order valence-corrected chi connectivity index (χ2v) is 10.2. The van der Waals surface area contributed by atoms with Gasteiger partial charge in [-0.05, 0) is 28.0 Å². The monoisotopic (exact) mass is 404 g/mol. The van der Waals surface area contributed by atoms with Crippen LogP contribution in [0, 0.1) is 0 Å². The van der Waals surface area contributed by atoms with Crippen LogP contribution in [-0.4, -0.2) is 0 Å². The molecule has 0 aliphatic carbocycles. The number of hydrogen-bond donors (Lipinski definition) is 0. The molecule has 0 heterocycles. The van der Waals surface area contributed by atoms with Crippen LogP contribution in [0.2, 0.25) is 0 Å². The summed E-state index contributed by atoms with van der Waals surface area (Å²) in [7, 11) is -2.93. The molecule has 144 valence electrons. The van der Waals surface area contributed by atoms with Gasteiger partial charge in [-0.2, -0.15) is 0 Å². The van der Waals surface area contributed by atoms with Crippen molar-refractivity contribution in [2.45, 2.75) is 0 Å². The summed E-state index contributed by atoms with van der Waals surface area (Å²) in [6.45, 7) is 0. The van der Waals surface area contributed by atoms with Crippen molar-refractivity contribution < 1.29 is 4.57 Å². The van der Waals surface area contributed by atoms with E-state index in [0.717, 1.165) is 27.0 Å². The van der Waals surface area contributed by atoms with Gasteiger partial charge < -0.3 is 4.57 Å². The van der Waals surface area contributed by atoms with Gasteiger partial charge >= 0.3 is 0 Å². The fourth-order valence-corrected chi connectivity index (χ4v) is 6.60. The summed E-state index contributed by atoms with van der Waals surface area (Å²) in [5.74, 6) is 0. The van der Waals surface area contributed by atoms with Crippen molar-refractivity contribution in [2.75, 3.05) is 0 Å². The second-order valence-electron chi connectivity index (χ2n) is 7.39. The predicted molar refractivity (Wildman–Crippen MR) is 129 cm³/mol. The van der Waals surface area contributed by atoms with Crippen molar-refractivity contribution >= 4 is 33.8 Å². The molecule has 0 fully saturated rings. The molecule has 0 aliphatic heterocycles. The van der Waals surface area contributed by atoms with Crippen LogP contribution in [0.4, 0.5) is 0 Å². The van der Waals surface area contributed by atoms with E-state index < -0.39 is 7.14 Å². The van der Waals surface area contributed by atoms with Crippen LogP contribution in [0.15, 0.2) is 127 Å². The van der Waals surface area contributed by atoms with Gasteiger partial charge in [-0.1, -0.05) is 121 Å². The first-order valence-electron chi connectivity index (χ1n) is 10.1. The summed E-state index contributed by atoms with van der Waals surface area (Å²) in [5, 5.41) is 5.02. The second kappa shape index (κ2) is 7.78. The largest absolute Gasteiger partial charge is 0.309 e. The van der Waals surface area contributed by atoms with Gasteiger partial charge in [0, 0.05) is 15.9 Å². The van der Waals surface area contributed by atoms with Gasteiger partial charge in [-0.15, -0.1) is 0 Å². The molecule has 1 nitrogen and oxygen atoms in total. The average Bonchev–Trinajstić information content (AvgIpc) is 2.84. The Bertz CT molecular complexity index is 1300. The van der Waals surface area contributed by atoms with Gasteiger partial charge in [-0.3, -0.25) is 0 Å². The Morgan fingerprint density at radius 1 is 0.400 bits per heavy atom. The van der Waals surface area contributed by atoms with Crippen LogP contribution in [0.1, 0.15) is 0 Å². The molecule has 0 atom stereocenters. The molecule has 0 saturated carbocycles. The Morgan fingerprint density at radius 2 is 0.867 bits per heavy atom. The topological polar surface area (TPSA) is 17.1 Å². The molecule has 0 bridgehead atoms. The number of benzene rings is 5. The molecule has 0 spiro atoms. The molecule has 0 unspecified atom stereocenters. The summed E-state index contributed by atoms with van der Waals surface area (Å²) in [5.41, 5.74) is 2.28. The first-order chi connectivity index (χ1) is 14.7. The minimum absolute atomic E-state index is 0.851. The summed E-state index contributed by atoms with van der Waals surface area (Å²) in [6, 6.07) is 42.7. The fourth-order valence-electron chi connectivity index (χ4n) is 3.96. The smallest absolute Gasteiger partial charge is 0.171 e. The zero-order valence-electron chi connectivity index (χ0n) is 16.5. The normalized spacial score (nSPS) is 11.5. The molecule has 0 aliphatic rings. The average molecular weight is 404 g/mol. The van der Waals surface area contributed by atoms with Gasteiger partial charge in [0.25, 0.3) is 0 Å². The minimum Gasteiger partial charge on any atom is -0.309 e. The van der Waals surface area contributed by atoms with Gasteiger partial charge in [0.15, 0.2) is 7.14 Å². The first-order valence-corrected chi connectivity index (χ1v) is 11.8. The van der Waals surface area contributed by atoms with Crippen LogP contribution < -0.4 is 15.9 Å². The van der Waals surface area contributed by atoms with Crippen LogP contribution >= 0.6 is 7.14 Å². The molecule has 0 amide bonds. The highest BCUT2D eigenvalue weighted by Crippen LogP contribution is 2.42. The maximum Gasteiger partial charge on any atom is 0.171 e. The molecule has 0 saturated heterocycles. The number of rotatable bonds is 4. The Hall–Kier alpha value is -3.41. The maximum absolute atomic E-state index is 14.4. The lowest BCUT2D eigenvalue weighted by Crippen LogP contribution is -2.24. The molecular formula is C28H21OP. The van der Waals surface area contributed by atoms with E-state index >= 15 is 0 Å². The van der Waals surface area contributed by atoms with Crippen LogP contribution in [0.3, 0.4) is 0 Å². The molecular weight excluding hydrogens is 383 g/mol. The molecule has 5 aromatic rings. The maximum atomic E-state index is 14.4. The summed E-state index contributed by atoms with van der Waals surface area (Å²) in [6.07, 6.45) is 0. The third-order valence-electron chi connectivity index (χ3n) is 5.55. The lowest BCUT2D eigenvalue weighted by molar-refractivity contribution is 0.592. The molecule has 2 heteroatoms. The fraction of sp³-hybridized carbons (Fsp3) is 0. The van der Waals surface area contributed by atoms with Crippen LogP contribution in [0.5, 0.6) is 0 Å². The van der Waals surface area contributed by atoms with E-state index in [9.17, 15) is 4.57 Å². The predicted octanol–water partition coefficient (Wildman–Crippen LogP) is 6.15. The van der Waals surface area contributed by atoms with E-state index in [1.807, 2.05) is 72.8 Å². The van der Waals surface area contributed by atoms with E-state index in [1.165, 1.54) is 10.8 Å². The number of fused-ring (bicyclic) bond motifs is 1. The molecule has 5 rings (SSSR count). The van der Waals surface area contributed by atoms with Gasteiger partial charge in [0.2, 0.25) is 0 Å². The summed E-state index contributed by atoms with van der Waals surface area (Å²) < 4.78 is 14.4. The Morgan fingerprint density at radius 3 is 1.47 bits per heavy atom. The van der Waals surface area contributed by atoms with Gasteiger partial charge in [0.1, 0.15) is 0 Å². The van der Waals surface area contributed by atoms with E-state index in [0.29, 0.717) is 0 Å². The van der Waals surface area contributed by atoms with Crippen molar-refractivity contribution in [3.63, 3.8) is 0 Å². The molecule has 0 N–H and O–H groups in total. The van der Waals surface area contributed by atoms with Crippen LogP contribution in [-0.2, 0) is 4.57 Å². The van der Waals surface area contributed by atoms with Crippen molar-refractivity contribution in [2.24, 2.45) is 0 Å². The highest BCUT2D eigenvalue weighted by molar-refractivity contribution is 7.85. The quantitative estimate of drug-likeness (QED) is 0.329. The Labute approximate surface area is 177 Å². The van der Waals surface area contributed by atoms with E-state index in [-0.39, 0.29) is 0 Å². The standard InChI is InChI=1S/C28H21OP/c29-30(26-11-3-1-4-12-26,27-13-5-2-6-14-27)28-19-17-23(18-20-28)25-16-15-22-9-7-8-10-24(22)21-25/h1-21H. The Kier molecular flexibility index (Phi) is 4.83. The Balaban J connectivity index is 1.60. The molecule has 0 radical (unpaired) electrons. The summed E-state index contributed by atoms with van der Waals surface area (Å²) in [4.78, 5) is 0. The third-order valence-corrected chi connectivity index (χ3v) is 8.63. The highest BCUT2D eigenvalue weighted by atomic mass is 31.2.